The fourth-order valence-electron chi connectivity index (χ4n) is 16.3. The molecule has 82 heavy (non-hydrogen) atoms. The molecule has 0 aromatic rings. The van der Waals surface area contributed by atoms with Crippen molar-refractivity contribution in [3.63, 3.8) is 0 Å². The Hall–Kier alpha value is -2.02. The van der Waals surface area contributed by atoms with Crippen molar-refractivity contribution in [2.24, 2.45) is 39.4 Å². The van der Waals surface area contributed by atoms with E-state index in [0.29, 0.717) is 25.7 Å². The third-order valence-corrected chi connectivity index (χ3v) is 21.0. The fraction of sp³-hybridized carbons (Fsp3) is 0.907. The number of hydrogen-bond acceptors (Lipinski definition) is 26. The number of rotatable bonds is 15. The zero-order chi connectivity index (χ0) is 59.7. The van der Waals surface area contributed by atoms with Crippen LogP contribution >= 0.6 is 0 Å². The summed E-state index contributed by atoms with van der Waals surface area (Å²) in [4.78, 5) is 13.8. The van der Waals surface area contributed by atoms with Crippen LogP contribution in [0.1, 0.15) is 87.0 Å². The lowest BCUT2D eigenvalue weighted by Crippen LogP contribution is -2.68. The van der Waals surface area contributed by atoms with Gasteiger partial charge in [0.1, 0.15) is 104 Å². The Morgan fingerprint density at radius 2 is 1.32 bits per heavy atom. The molecule has 0 amide bonds. The van der Waals surface area contributed by atoms with Gasteiger partial charge in [-0.05, 0) is 82.0 Å². The largest absolute Gasteiger partial charge is 0.461 e. The van der Waals surface area contributed by atoms with Crippen LogP contribution in [-0.2, 0) is 76.2 Å². The maximum Gasteiger partial charge on any atom is 0.397 e. The predicted octanol–water partition coefficient (Wildman–Crippen LogP) is -2.02. The van der Waals surface area contributed by atoms with Crippen LogP contribution < -0.4 is 0 Å². The van der Waals surface area contributed by atoms with E-state index in [-0.39, 0.29) is 41.8 Å². The molecule has 468 valence electrons. The Morgan fingerprint density at radius 1 is 0.695 bits per heavy atom. The number of allylic oxidation sites excluding steroid dienone is 2. The molecule has 0 radical (unpaired) electrons. The minimum atomic E-state index is -5.24. The van der Waals surface area contributed by atoms with Crippen LogP contribution in [0.2, 0.25) is 0 Å². The monoisotopic (exact) mass is 1200 g/mol. The summed E-state index contributed by atoms with van der Waals surface area (Å²) in [5.41, 5.74) is 0.247. The minimum absolute atomic E-state index is 0.00958. The lowest BCUT2D eigenvalue weighted by atomic mass is 9.40. The van der Waals surface area contributed by atoms with Crippen LogP contribution in [0.5, 0.6) is 0 Å². The first-order chi connectivity index (χ1) is 38.4. The van der Waals surface area contributed by atoms with Crippen LogP contribution in [0, 0.1) is 39.4 Å². The van der Waals surface area contributed by atoms with Crippen LogP contribution in [0.15, 0.2) is 23.8 Å². The molecule has 1 spiro atoms. The van der Waals surface area contributed by atoms with Gasteiger partial charge in [-0.25, -0.2) is 4.18 Å². The van der Waals surface area contributed by atoms with E-state index in [0.717, 1.165) is 18.4 Å². The minimum Gasteiger partial charge on any atom is -0.461 e. The van der Waals surface area contributed by atoms with Crippen molar-refractivity contribution < 1.29 is 130 Å². The van der Waals surface area contributed by atoms with Crippen LogP contribution in [-0.4, -0.2) is 250 Å². The number of carbonyl (C=O) groups is 1. The number of aliphatic hydroxyl groups excluding tert-OH is 10. The summed E-state index contributed by atoms with van der Waals surface area (Å²) in [6.45, 7) is 15.9. The fourth-order valence-corrected chi connectivity index (χ4v) is 16.8. The molecule has 31 atom stereocenters. The van der Waals surface area contributed by atoms with Gasteiger partial charge in [0.15, 0.2) is 31.5 Å². The summed E-state index contributed by atoms with van der Waals surface area (Å²) < 4.78 is 111. The Kier molecular flexibility index (Phi) is 17.8. The maximum absolute atomic E-state index is 13.8. The van der Waals surface area contributed by atoms with Crippen molar-refractivity contribution in [1.29, 1.82) is 0 Å². The average Bonchev–Trinajstić information content (AvgIpc) is 1.84. The van der Waals surface area contributed by atoms with Gasteiger partial charge >= 0.3 is 16.4 Å². The van der Waals surface area contributed by atoms with Crippen molar-refractivity contribution in [1.82, 2.24) is 0 Å². The number of fused-ring (bicyclic) bond motifs is 5. The van der Waals surface area contributed by atoms with Crippen LogP contribution in [0.4, 0.5) is 0 Å². The first kappa shape index (κ1) is 63.0. The SMILES string of the molecule is C=C(C)[C@H]1[C@H]2C[C@@]3(C)C4=CCC5C(C)(C)[C@@H](O[C@@H]6OC[C@@H](OS(=O)(=O)O)[C@H](O)[C@H]6O[C@@H]6O[C@H](C)[C@@H](O[C@@H]7O[C@H](CO)[C@@H](O)[C@H](O[C@@H]8OC[C@@H](O)[C@H](OC)[C@H]8O)[C@H]7O)[C@H](O)[C@H]6O[C@@H]6O[C@H](C)[C@@H](O)[C@H](O)[C@H]6O)CC[C@]5(C)C4CC[C@]13C(=O)O2. The van der Waals surface area contributed by atoms with E-state index in [1.54, 1.807) is 0 Å². The molecule has 27 nitrogen and oxygen atoms in total. The average molecular weight is 1200 g/mol. The molecular formula is C54H84O27S. The zero-order valence-corrected chi connectivity index (χ0v) is 48.0. The summed E-state index contributed by atoms with van der Waals surface area (Å²) in [5, 5.41) is 112. The van der Waals surface area contributed by atoms with Gasteiger partial charge in [-0.1, -0.05) is 51.5 Å². The molecule has 10 rings (SSSR count). The van der Waals surface area contributed by atoms with E-state index in [4.69, 9.17) is 61.0 Å². The maximum atomic E-state index is 13.8. The summed E-state index contributed by atoms with van der Waals surface area (Å²) in [6.07, 6.45) is -33.6. The Labute approximate surface area is 475 Å². The topological polar surface area (TPSA) is 394 Å². The molecule has 11 N–H and O–H groups in total. The second kappa shape index (κ2) is 23.2. The van der Waals surface area contributed by atoms with Crippen molar-refractivity contribution in [3.8, 4) is 0 Å². The normalized spacial score (nSPS) is 52.9. The molecule has 4 aliphatic carbocycles. The molecule has 2 unspecified atom stereocenters. The third-order valence-electron chi connectivity index (χ3n) is 20.5. The third kappa shape index (κ3) is 10.5. The molecule has 9 fully saturated rings. The first-order valence-electron chi connectivity index (χ1n) is 28.4. The Balaban J connectivity index is 0.919. The van der Waals surface area contributed by atoms with Crippen molar-refractivity contribution >= 4 is 16.4 Å². The highest BCUT2D eigenvalue weighted by molar-refractivity contribution is 7.80. The molecule has 6 heterocycles. The van der Waals surface area contributed by atoms with E-state index in [1.807, 2.05) is 6.92 Å². The molecule has 28 heteroatoms. The van der Waals surface area contributed by atoms with E-state index in [2.05, 4.69) is 40.3 Å². The molecule has 6 aliphatic heterocycles. The second-order valence-electron chi connectivity index (χ2n) is 25.5. The molecule has 0 aromatic heterocycles. The highest BCUT2D eigenvalue weighted by atomic mass is 32.3. The summed E-state index contributed by atoms with van der Waals surface area (Å²) in [5.74, 6) is -0.0696. The van der Waals surface area contributed by atoms with Crippen molar-refractivity contribution in [2.45, 2.75) is 241 Å². The van der Waals surface area contributed by atoms with Crippen molar-refractivity contribution in [2.75, 3.05) is 26.9 Å². The van der Waals surface area contributed by atoms with Crippen LogP contribution in [0.25, 0.3) is 0 Å². The number of esters is 1. The zero-order valence-electron chi connectivity index (χ0n) is 47.2. The van der Waals surface area contributed by atoms with E-state index >= 15 is 0 Å². The number of hydrogen-bond donors (Lipinski definition) is 11. The summed E-state index contributed by atoms with van der Waals surface area (Å²) in [7, 11) is -4.01. The predicted molar refractivity (Wildman–Crippen MR) is 273 cm³/mol. The summed E-state index contributed by atoms with van der Waals surface area (Å²) in [6, 6.07) is 0. The van der Waals surface area contributed by atoms with Gasteiger partial charge in [-0.2, -0.15) is 8.42 Å². The molecule has 3 saturated carbocycles. The molecule has 10 aliphatic rings. The quantitative estimate of drug-likeness (QED) is 0.0479. The smallest absolute Gasteiger partial charge is 0.397 e. The number of aliphatic hydroxyl groups is 10. The molecule has 0 aromatic carbocycles. The number of carbonyl (C=O) groups excluding carboxylic acids is 1. The highest BCUT2D eigenvalue weighted by Crippen LogP contribution is 2.76. The van der Waals surface area contributed by atoms with E-state index in [9.17, 15) is 68.8 Å². The molecular weight excluding hydrogens is 1110 g/mol. The van der Waals surface area contributed by atoms with Gasteiger partial charge in [-0.15, -0.1) is 0 Å². The highest BCUT2D eigenvalue weighted by Gasteiger charge is 2.76. The Morgan fingerprint density at radius 3 is 1.99 bits per heavy atom. The Bertz CT molecular complexity index is 2470. The molecule has 2 bridgehead atoms. The first-order valence-corrected chi connectivity index (χ1v) is 29.8. The van der Waals surface area contributed by atoms with Crippen molar-refractivity contribution in [3.05, 3.63) is 23.8 Å². The van der Waals surface area contributed by atoms with Crippen LogP contribution in [0.3, 0.4) is 0 Å². The van der Waals surface area contributed by atoms with Gasteiger partial charge in [0, 0.05) is 18.4 Å². The summed E-state index contributed by atoms with van der Waals surface area (Å²) >= 11 is 0. The molecule has 6 saturated heterocycles. The van der Waals surface area contributed by atoms with Gasteiger partial charge in [0.25, 0.3) is 0 Å². The second-order valence-corrected chi connectivity index (χ2v) is 26.6. The van der Waals surface area contributed by atoms with Gasteiger partial charge in [0.2, 0.25) is 0 Å². The number of methoxy groups -OCH3 is 1. The van der Waals surface area contributed by atoms with E-state index < -0.39 is 187 Å². The van der Waals surface area contributed by atoms with Gasteiger partial charge in [-0.3, -0.25) is 9.35 Å². The van der Waals surface area contributed by atoms with Gasteiger partial charge < -0.3 is 108 Å². The standard InChI is InChI=1S/C54H84O27S/c1-20(2)31-26-16-53(8)24-10-11-29-51(5,6)30(13-14-52(29,7)23(24)12-15-54(31,53)50(65)75-26)76-48-43(34(59)28(19-71-48)81-82(66,67)68)80-49-44(79-46-36(61)35(60)32(57)21(3)72-46)37(62)40(22(4)73-49)77-47-39(64)42(33(58)27(17-55)74-47)78-45-38(63)41(69-9)25(56)18-70-45/h10,21-23,25-49,55-64H,1,11-19H2,2-9H3,(H,66,67,68)/t21-,22-,23?,25-,26-,27-,28-,29?,30+,31+,32-,33-,34+,35+,36-,37+,38-,39-,40-,41+,42+,43-,44-,45+,46+,47+,48+,49+,52-,53+,54-/m1/s1. The van der Waals surface area contributed by atoms with Gasteiger partial charge in [0.05, 0.1) is 43.5 Å². The van der Waals surface area contributed by atoms with E-state index in [1.165, 1.54) is 26.5 Å². The lowest BCUT2D eigenvalue weighted by Gasteiger charge is -2.64. The number of ether oxygens (including phenoxy) is 12. The lowest BCUT2D eigenvalue weighted by molar-refractivity contribution is -0.404.